The number of fused-ring (bicyclic) bond motifs is 1. The molecular formula is C18H16FN3. The third-order valence-electron chi connectivity index (χ3n) is 4.27. The molecule has 0 radical (unpaired) electrons. The molecule has 2 heterocycles. The first-order valence-electron chi connectivity index (χ1n) is 7.39. The van der Waals surface area contributed by atoms with E-state index in [0.29, 0.717) is 0 Å². The van der Waals surface area contributed by atoms with Crippen molar-refractivity contribution in [3.05, 3.63) is 84.2 Å². The summed E-state index contributed by atoms with van der Waals surface area (Å²) in [6.07, 6.45) is 6.56. The van der Waals surface area contributed by atoms with Crippen LogP contribution in [-0.4, -0.2) is 9.55 Å². The number of aromatic nitrogens is 2. The lowest BCUT2D eigenvalue weighted by Gasteiger charge is -2.34. The predicted octanol–water partition coefficient (Wildman–Crippen LogP) is 4.17. The molecule has 0 saturated carbocycles. The fraction of sp³-hybridized carbons (Fsp3) is 0.167. The number of hydrogen-bond donors (Lipinski definition) is 1. The first kappa shape index (κ1) is 13.1. The van der Waals surface area contributed by atoms with Gasteiger partial charge < -0.3 is 9.88 Å². The van der Waals surface area contributed by atoms with Gasteiger partial charge in [0.2, 0.25) is 0 Å². The Hall–Kier alpha value is -2.62. The number of para-hydroxylation sites is 1. The van der Waals surface area contributed by atoms with Crippen molar-refractivity contribution < 1.29 is 4.39 Å². The third kappa shape index (κ3) is 2.26. The minimum atomic E-state index is -0.203. The lowest BCUT2D eigenvalue weighted by molar-refractivity contribution is 0.483. The van der Waals surface area contributed by atoms with Crippen molar-refractivity contribution in [3.63, 3.8) is 0 Å². The van der Waals surface area contributed by atoms with Gasteiger partial charge in [-0.15, -0.1) is 0 Å². The van der Waals surface area contributed by atoms with Crippen LogP contribution in [0.2, 0.25) is 0 Å². The number of halogens is 1. The van der Waals surface area contributed by atoms with Crippen molar-refractivity contribution in [3.8, 4) is 0 Å². The van der Waals surface area contributed by atoms with Gasteiger partial charge in [0.15, 0.2) is 0 Å². The molecule has 3 aromatic rings. The van der Waals surface area contributed by atoms with Gasteiger partial charge in [0.25, 0.3) is 0 Å². The van der Waals surface area contributed by atoms with E-state index in [2.05, 4.69) is 33.1 Å². The first-order chi connectivity index (χ1) is 10.8. The molecule has 2 atom stereocenters. The van der Waals surface area contributed by atoms with Gasteiger partial charge in [0.1, 0.15) is 5.82 Å². The van der Waals surface area contributed by atoms with Crippen LogP contribution in [0.4, 0.5) is 10.1 Å². The Kier molecular flexibility index (Phi) is 3.15. The highest BCUT2D eigenvalue weighted by Gasteiger charge is 2.28. The zero-order valence-corrected chi connectivity index (χ0v) is 12.0. The lowest BCUT2D eigenvalue weighted by atomic mass is 9.89. The summed E-state index contributed by atoms with van der Waals surface area (Å²) < 4.78 is 15.3. The van der Waals surface area contributed by atoms with Crippen LogP contribution in [0.5, 0.6) is 0 Å². The number of rotatable bonds is 2. The van der Waals surface area contributed by atoms with E-state index in [1.54, 1.807) is 6.20 Å². The van der Waals surface area contributed by atoms with Gasteiger partial charge in [-0.05, 0) is 35.7 Å². The average molecular weight is 293 g/mol. The molecule has 4 heteroatoms. The highest BCUT2D eigenvalue weighted by Crippen LogP contribution is 2.40. The smallest absolute Gasteiger partial charge is 0.123 e. The number of benzene rings is 2. The zero-order chi connectivity index (χ0) is 14.9. The van der Waals surface area contributed by atoms with Crippen LogP contribution >= 0.6 is 0 Å². The van der Waals surface area contributed by atoms with Gasteiger partial charge in [0.05, 0.1) is 18.4 Å². The molecule has 110 valence electrons. The summed E-state index contributed by atoms with van der Waals surface area (Å²) in [6, 6.07) is 15.5. The maximum absolute atomic E-state index is 13.2. The molecular weight excluding hydrogens is 277 g/mol. The van der Waals surface area contributed by atoms with Crippen molar-refractivity contribution >= 4 is 5.69 Å². The van der Waals surface area contributed by atoms with Crippen LogP contribution < -0.4 is 5.32 Å². The van der Waals surface area contributed by atoms with Crippen molar-refractivity contribution in [2.45, 2.75) is 18.5 Å². The number of hydrogen-bond acceptors (Lipinski definition) is 2. The highest BCUT2D eigenvalue weighted by molar-refractivity contribution is 5.56. The molecule has 3 nitrogen and oxygen atoms in total. The molecule has 2 aromatic carbocycles. The number of nitrogens with zero attached hydrogens (tertiary/aromatic N) is 2. The van der Waals surface area contributed by atoms with Crippen LogP contribution in [0.15, 0.2) is 67.3 Å². The van der Waals surface area contributed by atoms with Gasteiger partial charge >= 0.3 is 0 Å². The Morgan fingerprint density at radius 1 is 1.09 bits per heavy atom. The topological polar surface area (TPSA) is 29.9 Å². The van der Waals surface area contributed by atoms with E-state index in [9.17, 15) is 4.39 Å². The minimum absolute atomic E-state index is 0.155. The molecule has 1 aliphatic heterocycles. The summed E-state index contributed by atoms with van der Waals surface area (Å²) in [7, 11) is 0. The SMILES string of the molecule is Fc1ccc(C2CC(n3ccnc3)c3ccccc3N2)cc1. The molecule has 1 aromatic heterocycles. The van der Waals surface area contributed by atoms with Crippen LogP contribution in [0.25, 0.3) is 0 Å². The maximum Gasteiger partial charge on any atom is 0.123 e. The Bertz CT molecular complexity index is 765. The standard InChI is InChI=1S/C18H16FN3/c19-14-7-5-13(6-8-14)17-11-18(22-10-9-20-12-22)15-3-1-2-4-16(15)21-17/h1-10,12,17-18,21H,11H2. The van der Waals surface area contributed by atoms with Crippen LogP contribution in [0.1, 0.15) is 29.6 Å². The summed E-state index contributed by atoms with van der Waals surface area (Å²) in [6.45, 7) is 0. The zero-order valence-electron chi connectivity index (χ0n) is 12.0. The van der Waals surface area contributed by atoms with Gasteiger partial charge in [-0.25, -0.2) is 9.37 Å². The molecule has 0 amide bonds. The normalized spacial score (nSPS) is 20.2. The molecule has 2 unspecified atom stereocenters. The molecule has 4 rings (SSSR count). The molecule has 0 fully saturated rings. The largest absolute Gasteiger partial charge is 0.378 e. The van der Waals surface area contributed by atoms with Gasteiger partial charge in [-0.2, -0.15) is 0 Å². The second-order valence-electron chi connectivity index (χ2n) is 5.60. The summed E-state index contributed by atoms with van der Waals surface area (Å²) in [5.41, 5.74) is 3.49. The van der Waals surface area contributed by atoms with Crippen LogP contribution in [0.3, 0.4) is 0 Å². The Morgan fingerprint density at radius 3 is 2.68 bits per heavy atom. The second-order valence-corrected chi connectivity index (χ2v) is 5.60. The fourth-order valence-corrected chi connectivity index (χ4v) is 3.17. The predicted molar refractivity (Wildman–Crippen MR) is 84.2 cm³/mol. The van der Waals surface area contributed by atoms with E-state index >= 15 is 0 Å². The van der Waals surface area contributed by atoms with E-state index in [4.69, 9.17) is 0 Å². The van der Waals surface area contributed by atoms with Gasteiger partial charge in [0, 0.05) is 18.1 Å². The van der Waals surface area contributed by atoms with Crippen molar-refractivity contribution in [2.75, 3.05) is 5.32 Å². The van der Waals surface area contributed by atoms with E-state index in [-0.39, 0.29) is 17.9 Å². The molecule has 0 bridgehead atoms. The molecule has 0 aliphatic carbocycles. The Morgan fingerprint density at radius 2 is 1.91 bits per heavy atom. The Labute approximate surface area is 128 Å². The summed E-state index contributed by atoms with van der Waals surface area (Å²) in [4.78, 5) is 4.17. The summed E-state index contributed by atoms with van der Waals surface area (Å²) in [5, 5.41) is 3.57. The van der Waals surface area contributed by atoms with E-state index in [0.717, 1.165) is 17.7 Å². The summed E-state index contributed by atoms with van der Waals surface area (Å²) in [5.74, 6) is -0.203. The van der Waals surface area contributed by atoms with E-state index in [1.165, 1.54) is 17.7 Å². The number of imidazole rings is 1. The molecule has 1 N–H and O–H groups in total. The third-order valence-corrected chi connectivity index (χ3v) is 4.27. The lowest BCUT2D eigenvalue weighted by Crippen LogP contribution is -2.25. The highest BCUT2D eigenvalue weighted by atomic mass is 19.1. The second kappa shape index (κ2) is 5.30. The van der Waals surface area contributed by atoms with Crippen LogP contribution in [-0.2, 0) is 0 Å². The van der Waals surface area contributed by atoms with Crippen molar-refractivity contribution in [1.29, 1.82) is 0 Å². The maximum atomic E-state index is 13.2. The molecule has 22 heavy (non-hydrogen) atoms. The molecule has 0 spiro atoms. The quantitative estimate of drug-likeness (QED) is 0.768. The van der Waals surface area contributed by atoms with Gasteiger partial charge in [-0.3, -0.25) is 0 Å². The number of nitrogens with one attached hydrogen (secondary N) is 1. The first-order valence-corrected chi connectivity index (χ1v) is 7.39. The summed E-state index contributed by atoms with van der Waals surface area (Å²) >= 11 is 0. The van der Waals surface area contributed by atoms with E-state index in [1.807, 2.05) is 30.7 Å². The van der Waals surface area contributed by atoms with E-state index < -0.39 is 0 Å². The van der Waals surface area contributed by atoms with Crippen molar-refractivity contribution in [2.24, 2.45) is 0 Å². The Balaban J connectivity index is 1.75. The molecule has 1 aliphatic rings. The van der Waals surface area contributed by atoms with Crippen LogP contribution in [0, 0.1) is 5.82 Å². The molecule has 0 saturated heterocycles. The minimum Gasteiger partial charge on any atom is -0.378 e. The fourth-order valence-electron chi connectivity index (χ4n) is 3.17. The average Bonchev–Trinajstić information content (AvgIpc) is 3.09. The van der Waals surface area contributed by atoms with Gasteiger partial charge in [-0.1, -0.05) is 30.3 Å². The monoisotopic (exact) mass is 293 g/mol. The number of anilines is 1. The van der Waals surface area contributed by atoms with Crippen molar-refractivity contribution in [1.82, 2.24) is 9.55 Å².